The van der Waals surface area contributed by atoms with Crippen LogP contribution in [0, 0.1) is 0 Å². The van der Waals surface area contributed by atoms with Crippen LogP contribution in [-0.2, 0) is 10.5 Å². The summed E-state index contributed by atoms with van der Waals surface area (Å²) in [5.74, 6) is 0.485. The molecule has 1 amide bonds. The van der Waals surface area contributed by atoms with Crippen molar-refractivity contribution in [1.29, 1.82) is 0 Å². The molecule has 0 bridgehead atoms. The number of hydrogen-bond donors (Lipinski definition) is 2. The molecule has 0 saturated carbocycles. The van der Waals surface area contributed by atoms with Crippen LogP contribution in [0.1, 0.15) is 12.6 Å². The van der Waals surface area contributed by atoms with Gasteiger partial charge in [-0.1, -0.05) is 45.3 Å². The highest BCUT2D eigenvalue weighted by Gasteiger charge is 2.10. The molecule has 0 fully saturated rings. The van der Waals surface area contributed by atoms with Gasteiger partial charge in [0, 0.05) is 35.6 Å². The summed E-state index contributed by atoms with van der Waals surface area (Å²) in [6, 6.07) is 7.39. The van der Waals surface area contributed by atoms with Gasteiger partial charge >= 0.3 is 0 Å². The Labute approximate surface area is 155 Å². The number of thioether (sulfide) groups is 1. The predicted molar refractivity (Wildman–Crippen MR) is 98.4 cm³/mol. The number of nitrogens with zero attached hydrogens (tertiary/aromatic N) is 4. The first-order valence-electron chi connectivity index (χ1n) is 6.68. The number of nitrogens with one attached hydrogen (secondary N) is 2. The highest BCUT2D eigenvalue weighted by Crippen LogP contribution is 2.31. The molecule has 3 rings (SSSR count). The second-order valence-corrected chi connectivity index (χ2v) is 8.10. The second-order valence-electron chi connectivity index (χ2n) is 4.54. The Morgan fingerprint density at radius 2 is 2.12 bits per heavy atom. The van der Waals surface area contributed by atoms with E-state index in [4.69, 9.17) is 11.6 Å². The van der Waals surface area contributed by atoms with Gasteiger partial charge in [-0.25, -0.2) is 0 Å². The van der Waals surface area contributed by atoms with Crippen LogP contribution >= 0.6 is 46.2 Å². The average Bonchev–Trinajstić information content (AvgIpc) is 3.14. The lowest BCUT2D eigenvalue weighted by Crippen LogP contribution is -2.05. The molecule has 0 aliphatic carbocycles. The lowest BCUT2D eigenvalue weighted by Gasteiger charge is -2.05. The summed E-state index contributed by atoms with van der Waals surface area (Å²) in [7, 11) is 0. The van der Waals surface area contributed by atoms with Crippen LogP contribution in [0.5, 0.6) is 0 Å². The van der Waals surface area contributed by atoms with Crippen molar-refractivity contribution < 1.29 is 4.79 Å². The number of aromatic nitrogens is 4. The van der Waals surface area contributed by atoms with E-state index < -0.39 is 0 Å². The smallest absolute Gasteiger partial charge is 0.221 e. The Hall–Kier alpha value is -1.75. The minimum atomic E-state index is -0.114. The molecule has 0 atom stereocenters. The molecule has 24 heavy (non-hydrogen) atoms. The van der Waals surface area contributed by atoms with E-state index in [2.05, 4.69) is 30.4 Å². The molecule has 124 valence electrons. The molecule has 0 aliphatic heterocycles. The summed E-state index contributed by atoms with van der Waals surface area (Å²) in [6.45, 7) is 1.47. The number of rotatable bonds is 6. The van der Waals surface area contributed by atoms with E-state index in [1.54, 1.807) is 0 Å². The van der Waals surface area contributed by atoms with Gasteiger partial charge in [-0.2, -0.15) is 0 Å². The van der Waals surface area contributed by atoms with Crippen molar-refractivity contribution in [3.63, 3.8) is 0 Å². The molecule has 1 aromatic carbocycles. The van der Waals surface area contributed by atoms with Gasteiger partial charge in [0.15, 0.2) is 4.34 Å². The van der Waals surface area contributed by atoms with E-state index in [-0.39, 0.29) is 5.91 Å². The van der Waals surface area contributed by atoms with E-state index in [9.17, 15) is 4.79 Å². The predicted octanol–water partition coefficient (Wildman–Crippen LogP) is 4.04. The Morgan fingerprint density at radius 1 is 1.29 bits per heavy atom. The maximum Gasteiger partial charge on any atom is 0.221 e. The minimum Gasteiger partial charge on any atom is -0.330 e. The number of hydrogen-bond acceptors (Lipinski definition) is 9. The number of halogens is 1. The fraction of sp³-hybridized carbons (Fsp3) is 0.154. The largest absolute Gasteiger partial charge is 0.330 e. The summed E-state index contributed by atoms with van der Waals surface area (Å²) >= 11 is 10.1. The van der Waals surface area contributed by atoms with Crippen LogP contribution in [-0.4, -0.2) is 25.7 Å². The molecular formula is C13H11ClN6OS3. The van der Waals surface area contributed by atoms with Crippen LogP contribution in [0.25, 0.3) is 0 Å². The van der Waals surface area contributed by atoms with Gasteiger partial charge in [0.2, 0.25) is 11.0 Å². The van der Waals surface area contributed by atoms with E-state index in [1.807, 2.05) is 24.3 Å². The first-order valence-corrected chi connectivity index (χ1v) is 9.63. The summed E-state index contributed by atoms with van der Waals surface area (Å²) in [6.07, 6.45) is 0. The highest BCUT2D eigenvalue weighted by molar-refractivity contribution is 8.00. The molecule has 3 aromatic rings. The fourth-order valence-corrected chi connectivity index (χ4v) is 4.24. The normalized spacial score (nSPS) is 10.6. The third kappa shape index (κ3) is 4.63. The Bertz CT molecular complexity index is 852. The molecule has 0 radical (unpaired) electrons. The molecule has 0 saturated heterocycles. The van der Waals surface area contributed by atoms with Gasteiger partial charge < -0.3 is 10.6 Å². The quantitative estimate of drug-likeness (QED) is 0.605. The molecule has 2 heterocycles. The lowest BCUT2D eigenvalue weighted by molar-refractivity contribution is -0.114. The number of amides is 1. The molecule has 0 aliphatic rings. The van der Waals surface area contributed by atoms with E-state index >= 15 is 0 Å². The summed E-state index contributed by atoms with van der Waals surface area (Å²) in [5, 5.41) is 18.8. The Balaban J connectivity index is 1.61. The topological polar surface area (TPSA) is 92.7 Å². The van der Waals surface area contributed by atoms with Crippen LogP contribution in [0.3, 0.4) is 0 Å². The van der Waals surface area contributed by atoms with Gasteiger partial charge in [0.1, 0.15) is 10.0 Å². The van der Waals surface area contributed by atoms with Crippen LogP contribution in [0.4, 0.5) is 16.5 Å². The van der Waals surface area contributed by atoms with Gasteiger partial charge in [-0.05, 0) is 18.2 Å². The molecule has 7 nitrogen and oxygen atoms in total. The molecule has 0 spiro atoms. The fourth-order valence-electron chi connectivity index (χ4n) is 1.73. The number of carbonyl (C=O) groups excluding carboxylic acids is 1. The lowest BCUT2D eigenvalue weighted by atomic mass is 10.3. The van der Waals surface area contributed by atoms with Crippen molar-refractivity contribution in [1.82, 2.24) is 19.8 Å². The van der Waals surface area contributed by atoms with Crippen molar-refractivity contribution in [2.45, 2.75) is 17.0 Å². The number of benzene rings is 1. The average molecular weight is 399 g/mol. The summed E-state index contributed by atoms with van der Waals surface area (Å²) < 4.78 is 5.20. The van der Waals surface area contributed by atoms with Crippen LogP contribution < -0.4 is 10.6 Å². The summed E-state index contributed by atoms with van der Waals surface area (Å²) in [5.41, 5.74) is 2.29. The van der Waals surface area contributed by atoms with Gasteiger partial charge in [0.05, 0.1) is 0 Å². The first kappa shape index (κ1) is 17.1. The van der Waals surface area contributed by atoms with Crippen LogP contribution in [0.15, 0.2) is 28.6 Å². The monoisotopic (exact) mass is 398 g/mol. The van der Waals surface area contributed by atoms with Gasteiger partial charge in [-0.3, -0.25) is 4.79 Å². The third-order valence-corrected chi connectivity index (χ3v) is 5.65. The molecule has 0 unspecified atom stereocenters. The maximum atomic E-state index is 11.1. The van der Waals surface area contributed by atoms with Crippen molar-refractivity contribution >= 4 is 68.6 Å². The zero-order valence-electron chi connectivity index (χ0n) is 12.3. The second kappa shape index (κ2) is 7.88. The maximum absolute atomic E-state index is 11.1. The number of anilines is 3. The molecule has 11 heteroatoms. The van der Waals surface area contributed by atoms with Gasteiger partial charge in [-0.15, -0.1) is 15.3 Å². The third-order valence-electron chi connectivity index (χ3n) is 2.68. The molecular weight excluding hydrogens is 388 g/mol. The minimum absolute atomic E-state index is 0.114. The van der Waals surface area contributed by atoms with Crippen molar-refractivity contribution in [2.75, 3.05) is 10.6 Å². The SMILES string of the molecule is CC(=O)Nc1cccc(Nc2nnc(SCc3nnsc3Cl)s2)c1. The van der Waals surface area contributed by atoms with Crippen molar-refractivity contribution in [3.05, 3.63) is 34.3 Å². The van der Waals surface area contributed by atoms with Crippen molar-refractivity contribution in [2.24, 2.45) is 0 Å². The first-order chi connectivity index (χ1) is 11.6. The van der Waals surface area contributed by atoms with Gasteiger partial charge in [0.25, 0.3) is 0 Å². The van der Waals surface area contributed by atoms with E-state index in [0.29, 0.717) is 15.2 Å². The van der Waals surface area contributed by atoms with Crippen molar-refractivity contribution in [3.8, 4) is 0 Å². The Kier molecular flexibility index (Phi) is 5.61. The van der Waals surface area contributed by atoms with E-state index in [1.165, 1.54) is 41.6 Å². The zero-order chi connectivity index (χ0) is 16.9. The van der Waals surface area contributed by atoms with Crippen LogP contribution in [0.2, 0.25) is 4.34 Å². The summed E-state index contributed by atoms with van der Waals surface area (Å²) in [4.78, 5) is 11.1. The Morgan fingerprint density at radius 3 is 2.88 bits per heavy atom. The molecule has 2 aromatic heterocycles. The zero-order valence-corrected chi connectivity index (χ0v) is 15.5. The number of carbonyl (C=O) groups is 1. The standard InChI is InChI=1S/C13H11ClN6OS3/c1-7(21)15-8-3-2-4-9(5-8)16-12-18-19-13(23-12)22-6-10-11(14)24-20-17-10/h2-5H,6H2,1H3,(H,15,21)(H,16,18). The van der Waals surface area contributed by atoms with E-state index in [0.717, 1.165) is 21.4 Å². The molecule has 2 N–H and O–H groups in total. The highest BCUT2D eigenvalue weighted by atomic mass is 35.5.